The van der Waals surface area contributed by atoms with E-state index in [4.69, 9.17) is 9.31 Å². The number of halogens is 3. The Balaban J connectivity index is 0.000000167. The van der Waals surface area contributed by atoms with E-state index in [2.05, 4.69) is 317 Å². The Hall–Kier alpha value is -6.38. The summed E-state index contributed by atoms with van der Waals surface area (Å²) in [4.78, 5) is 0. The number of unbranched alkanes of at least 4 members (excludes halogenated alkanes) is 30. The van der Waals surface area contributed by atoms with Crippen molar-refractivity contribution in [2.45, 2.75) is 366 Å². The van der Waals surface area contributed by atoms with Gasteiger partial charge in [-0.1, -0.05) is 496 Å². The first kappa shape index (κ1) is 97.2. The number of fused-ring (bicyclic) bond motifs is 9. The Labute approximate surface area is 773 Å². The number of hydrogen-bond acceptors (Lipinski definition) is 2. The summed E-state index contributed by atoms with van der Waals surface area (Å²) in [6.45, 7) is 22.1. The molecule has 0 unspecified atom stereocenters. The van der Waals surface area contributed by atoms with Crippen LogP contribution in [0.2, 0.25) is 0 Å². The van der Waals surface area contributed by atoms with Gasteiger partial charge in [0, 0.05) is 29.7 Å². The maximum Gasteiger partial charge on any atom is 0.494 e. The molecular formula is C117H152BBr3O2. The van der Waals surface area contributed by atoms with E-state index in [1.165, 1.54) is 350 Å². The van der Waals surface area contributed by atoms with Crippen LogP contribution >= 0.6 is 47.8 Å². The molecule has 123 heavy (non-hydrogen) atoms. The highest BCUT2D eigenvalue weighted by Gasteiger charge is 2.52. The first-order valence-corrected chi connectivity index (χ1v) is 51.8. The van der Waals surface area contributed by atoms with Crippen molar-refractivity contribution < 1.29 is 9.31 Å². The third kappa shape index (κ3) is 25.8. The van der Waals surface area contributed by atoms with Crippen LogP contribution in [0.5, 0.6) is 0 Å². The average molecular weight is 1840 g/mol. The first-order valence-electron chi connectivity index (χ1n) is 49.4. The highest BCUT2D eigenvalue weighted by atomic mass is 79.9. The SMILES string of the molecule is CC1(C)OB(c2ccccc2)OC1(C)C.CCCCCCCCC1(CCCCCCCC)c2cc(-c3ccccc3)ccc2-c2ccc(-c3ccccc3)cc21.CCCCCCCCC1(CCCCCCCC)c2cc(Br)ccc2-c2ccc(-c3ccccc3)cc21.CCCCCCCCC1(CCCCCCCC)c2cc(Br)ccc2-c2ccc(Br)cc21. The smallest absolute Gasteiger partial charge is 0.399 e. The Bertz CT molecular complexity index is 4550. The van der Waals surface area contributed by atoms with Gasteiger partial charge in [0.1, 0.15) is 0 Å². The molecule has 10 aromatic rings. The molecule has 656 valence electrons. The largest absolute Gasteiger partial charge is 0.494 e. The summed E-state index contributed by atoms with van der Waals surface area (Å²) in [6.07, 6.45) is 56.4. The van der Waals surface area contributed by atoms with Gasteiger partial charge < -0.3 is 9.31 Å². The minimum atomic E-state index is -0.256. The van der Waals surface area contributed by atoms with E-state index in [0.29, 0.717) is 0 Å². The quantitative estimate of drug-likeness (QED) is 0.0280. The summed E-state index contributed by atoms with van der Waals surface area (Å²) in [5, 5.41) is 0. The van der Waals surface area contributed by atoms with Crippen molar-refractivity contribution in [1.29, 1.82) is 0 Å². The van der Waals surface area contributed by atoms with Gasteiger partial charge in [-0.2, -0.15) is 0 Å². The fourth-order valence-corrected chi connectivity index (χ4v) is 21.7. The van der Waals surface area contributed by atoms with E-state index in [-0.39, 0.29) is 34.6 Å². The van der Waals surface area contributed by atoms with Crippen LogP contribution in [0.25, 0.3) is 66.8 Å². The Kier molecular flexibility index (Phi) is 39.4. The molecule has 0 amide bonds. The molecule has 10 aromatic carbocycles. The van der Waals surface area contributed by atoms with Gasteiger partial charge in [0.15, 0.2) is 0 Å². The van der Waals surface area contributed by atoms with Gasteiger partial charge in [0.25, 0.3) is 0 Å². The lowest BCUT2D eigenvalue weighted by atomic mass is 9.70. The topological polar surface area (TPSA) is 18.5 Å². The van der Waals surface area contributed by atoms with Crippen molar-refractivity contribution in [2.75, 3.05) is 0 Å². The first-order chi connectivity index (χ1) is 60.0. The van der Waals surface area contributed by atoms with E-state index >= 15 is 0 Å². The molecule has 2 nitrogen and oxygen atoms in total. The fourth-order valence-electron chi connectivity index (χ4n) is 20.7. The molecule has 4 aliphatic rings. The average Bonchev–Trinajstić information content (AvgIpc) is 1.58. The fraction of sp³-hybridized carbons (Fsp3) is 0.487. The van der Waals surface area contributed by atoms with E-state index < -0.39 is 0 Å². The minimum absolute atomic E-state index is 0.0930. The van der Waals surface area contributed by atoms with E-state index in [1.807, 2.05) is 30.3 Å². The Morgan fingerprint density at radius 3 is 0.634 bits per heavy atom. The minimum Gasteiger partial charge on any atom is -0.399 e. The summed E-state index contributed by atoms with van der Waals surface area (Å²) in [5.74, 6) is 0. The molecule has 3 aliphatic carbocycles. The zero-order valence-corrected chi connectivity index (χ0v) is 82.4. The number of rotatable bonds is 46. The van der Waals surface area contributed by atoms with E-state index in [1.54, 1.807) is 33.4 Å². The maximum atomic E-state index is 5.93. The second-order valence-corrected chi connectivity index (χ2v) is 40.5. The molecule has 0 N–H and O–H groups in total. The van der Waals surface area contributed by atoms with Crippen LogP contribution in [0.1, 0.15) is 372 Å². The van der Waals surface area contributed by atoms with Gasteiger partial charge in [-0.05, 0) is 226 Å². The monoisotopic (exact) mass is 1840 g/mol. The molecule has 0 atom stereocenters. The molecular weight excluding hydrogens is 1690 g/mol. The molecule has 1 heterocycles. The maximum absolute atomic E-state index is 5.93. The summed E-state index contributed by atoms with van der Waals surface area (Å²) in [5.41, 5.74) is 27.3. The van der Waals surface area contributed by atoms with Gasteiger partial charge in [0.05, 0.1) is 11.2 Å². The van der Waals surface area contributed by atoms with Crippen molar-refractivity contribution in [1.82, 2.24) is 0 Å². The summed E-state index contributed by atoms with van der Waals surface area (Å²) < 4.78 is 15.5. The van der Waals surface area contributed by atoms with E-state index in [0.717, 1.165) is 5.46 Å². The summed E-state index contributed by atoms with van der Waals surface area (Å²) in [6, 6.07) is 86.0. The molecule has 1 fully saturated rings. The van der Waals surface area contributed by atoms with Crippen molar-refractivity contribution in [3.63, 3.8) is 0 Å². The molecule has 1 aliphatic heterocycles. The standard InChI is InChI=1S/C41H50.C35H45Br.C29H40Br2.C12H17BO2/c1-3-5-7-9-11-19-29-41(30-20-12-10-8-6-4-2)39-31-35(33-21-15-13-16-22-33)25-27-37(39)38-28-26-36(32-40(38)41)34-23-17-14-18-24-34;1-3-5-7-9-11-16-24-35(25-17-12-10-8-6-4-2)33-26-29(28-18-14-13-15-19-28)20-22-31(33)32-23-21-30(36)27-34(32)35;1-3-5-7-9-11-13-19-29(20-14-12-10-8-6-4-2)27-21-23(30)15-17-25(27)26-18-16-24(31)22-28(26)29;1-11(2)12(3,4)15-13(14-11)10-8-6-5-7-9-10/h13-18,21-28,31-32H,3-12,19-20,29-30H2,1-2H3;13-15,18-23,26-27H,3-12,16-17,24-25H2,1-2H3;15-18,21-22H,3-14,19-20H2,1-2H3;5-9H,1-4H3. The summed E-state index contributed by atoms with van der Waals surface area (Å²) in [7, 11) is -0.240. The van der Waals surface area contributed by atoms with E-state index in [9.17, 15) is 0 Å². The lowest BCUT2D eigenvalue weighted by Gasteiger charge is -2.33. The predicted molar refractivity (Wildman–Crippen MR) is 547 cm³/mol. The Morgan fingerprint density at radius 1 is 0.211 bits per heavy atom. The van der Waals surface area contributed by atoms with Crippen LogP contribution in [0.4, 0.5) is 0 Å². The van der Waals surface area contributed by atoms with Crippen LogP contribution in [-0.4, -0.2) is 18.3 Å². The third-order valence-corrected chi connectivity index (χ3v) is 29.8. The van der Waals surface area contributed by atoms with Crippen molar-refractivity contribution in [3.05, 3.63) is 277 Å². The van der Waals surface area contributed by atoms with Gasteiger partial charge in [-0.25, -0.2) is 0 Å². The summed E-state index contributed by atoms with van der Waals surface area (Å²) >= 11 is 11.4. The molecule has 0 saturated carbocycles. The van der Waals surface area contributed by atoms with Crippen LogP contribution < -0.4 is 5.46 Å². The molecule has 0 bridgehead atoms. The normalized spacial score (nSPS) is 14.7. The van der Waals surface area contributed by atoms with Crippen LogP contribution in [0.3, 0.4) is 0 Å². The zero-order valence-electron chi connectivity index (χ0n) is 77.7. The second kappa shape index (κ2) is 49.8. The lowest BCUT2D eigenvalue weighted by Crippen LogP contribution is -2.41. The van der Waals surface area contributed by atoms with Crippen molar-refractivity contribution in [3.8, 4) is 66.8 Å². The third-order valence-electron chi connectivity index (χ3n) is 28.4. The molecule has 1 saturated heterocycles. The van der Waals surface area contributed by atoms with Gasteiger partial charge in [0.2, 0.25) is 0 Å². The van der Waals surface area contributed by atoms with Gasteiger partial charge >= 0.3 is 7.12 Å². The number of hydrogen-bond donors (Lipinski definition) is 0. The molecule has 6 heteroatoms. The lowest BCUT2D eigenvalue weighted by molar-refractivity contribution is 0.00578. The predicted octanol–water partition coefficient (Wildman–Crippen LogP) is 37.6. The Morgan fingerprint density at radius 2 is 0.407 bits per heavy atom. The second-order valence-electron chi connectivity index (χ2n) is 37.8. The van der Waals surface area contributed by atoms with Crippen LogP contribution in [0.15, 0.2) is 244 Å². The van der Waals surface area contributed by atoms with Crippen LogP contribution in [-0.2, 0) is 25.6 Å². The van der Waals surface area contributed by atoms with Gasteiger partial charge in [-0.3, -0.25) is 0 Å². The number of benzene rings is 10. The highest BCUT2D eigenvalue weighted by molar-refractivity contribution is 9.11. The molecule has 0 aromatic heterocycles. The van der Waals surface area contributed by atoms with Gasteiger partial charge in [-0.15, -0.1) is 0 Å². The highest BCUT2D eigenvalue weighted by Crippen LogP contribution is 2.59. The molecule has 0 radical (unpaired) electrons. The molecule has 0 spiro atoms. The van der Waals surface area contributed by atoms with Crippen LogP contribution in [0, 0.1) is 0 Å². The van der Waals surface area contributed by atoms with Crippen molar-refractivity contribution in [2.24, 2.45) is 0 Å². The van der Waals surface area contributed by atoms with Crippen molar-refractivity contribution >= 4 is 60.4 Å². The molecule has 14 rings (SSSR count). The zero-order chi connectivity index (χ0) is 86.8.